The molecule has 1 N–H and O–H groups in total. The molecular weight excluding hydrogens is 323 g/mol. The quantitative estimate of drug-likeness (QED) is 0.793. The molecule has 1 aromatic carbocycles. The van der Waals surface area contributed by atoms with E-state index in [1.807, 2.05) is 6.07 Å². The lowest BCUT2D eigenvalue weighted by Crippen LogP contribution is -2.18. The number of nitrogens with one attached hydrogen (secondary N) is 1. The molecule has 0 fully saturated rings. The monoisotopic (exact) mass is 336 g/mol. The maximum Gasteiger partial charge on any atom is 0.259 e. The summed E-state index contributed by atoms with van der Waals surface area (Å²) in [6, 6.07) is 9.30. The first-order valence-corrected chi connectivity index (χ1v) is 7.36. The van der Waals surface area contributed by atoms with E-state index in [0.717, 1.165) is 0 Å². The summed E-state index contributed by atoms with van der Waals surface area (Å²) in [6.07, 6.45) is 1.29. The third kappa shape index (κ3) is 3.21. The van der Waals surface area contributed by atoms with Crippen LogP contribution < -0.4 is 5.32 Å². The highest BCUT2D eigenvalue weighted by molar-refractivity contribution is 6.04. The van der Waals surface area contributed by atoms with Crippen LogP contribution >= 0.6 is 0 Å². The molecule has 0 saturated heterocycles. The van der Waals surface area contributed by atoms with Crippen molar-refractivity contribution < 1.29 is 9.18 Å². The Morgan fingerprint density at radius 3 is 2.56 bits per heavy atom. The van der Waals surface area contributed by atoms with E-state index in [9.17, 15) is 14.4 Å². The zero-order valence-electron chi connectivity index (χ0n) is 13.5. The number of carbonyl (C=O) groups is 1. The number of amides is 1. The molecule has 25 heavy (non-hydrogen) atoms. The Hall–Kier alpha value is -3.60. The van der Waals surface area contributed by atoms with E-state index in [2.05, 4.69) is 20.4 Å². The maximum absolute atomic E-state index is 13.8. The first-order valence-electron chi connectivity index (χ1n) is 7.36. The van der Waals surface area contributed by atoms with Crippen molar-refractivity contribution in [3.63, 3.8) is 0 Å². The second-order valence-corrected chi connectivity index (χ2v) is 5.32. The molecule has 0 saturated carbocycles. The first-order chi connectivity index (χ1) is 12.0. The molecule has 0 aliphatic carbocycles. The number of halogens is 1. The van der Waals surface area contributed by atoms with Gasteiger partial charge in [0.1, 0.15) is 17.4 Å². The predicted octanol–water partition coefficient (Wildman–Crippen LogP) is 2.54. The fourth-order valence-electron chi connectivity index (χ4n) is 2.32. The third-order valence-electron chi connectivity index (χ3n) is 3.40. The van der Waals surface area contributed by atoms with Gasteiger partial charge in [0.15, 0.2) is 5.82 Å². The number of anilines is 1. The number of aryl methyl sites for hydroxylation is 2. The molecule has 8 heteroatoms. The lowest BCUT2D eigenvalue weighted by atomic mass is 10.2. The molecule has 0 unspecified atom stereocenters. The van der Waals surface area contributed by atoms with Gasteiger partial charge in [0.05, 0.1) is 11.8 Å². The zero-order chi connectivity index (χ0) is 18.0. The molecule has 0 spiro atoms. The second-order valence-electron chi connectivity index (χ2n) is 5.32. The van der Waals surface area contributed by atoms with Gasteiger partial charge in [0, 0.05) is 11.4 Å². The molecule has 0 bridgehead atoms. The number of hydrogen-bond acceptors (Lipinski definition) is 5. The van der Waals surface area contributed by atoms with Crippen molar-refractivity contribution in [2.75, 3.05) is 5.32 Å². The SMILES string of the molecule is Cc1cc(C)nc(-n2ncc(C#N)c2NC(=O)c2ccccc2F)n1. The molecule has 3 rings (SSSR count). The average Bonchev–Trinajstić information content (AvgIpc) is 2.97. The molecule has 2 aromatic heterocycles. The summed E-state index contributed by atoms with van der Waals surface area (Å²) >= 11 is 0. The Balaban J connectivity index is 2.04. The van der Waals surface area contributed by atoms with Crippen LogP contribution in [0.5, 0.6) is 0 Å². The summed E-state index contributed by atoms with van der Waals surface area (Å²) in [5.41, 5.74) is 1.40. The molecule has 3 aromatic rings. The Labute approximate surface area is 142 Å². The molecule has 124 valence electrons. The van der Waals surface area contributed by atoms with E-state index in [1.165, 1.54) is 29.1 Å². The van der Waals surface area contributed by atoms with Crippen LogP contribution in [0.25, 0.3) is 5.95 Å². The summed E-state index contributed by atoms with van der Waals surface area (Å²) in [4.78, 5) is 20.9. The van der Waals surface area contributed by atoms with Crippen LogP contribution in [0.3, 0.4) is 0 Å². The lowest BCUT2D eigenvalue weighted by molar-refractivity contribution is 0.102. The topological polar surface area (TPSA) is 96.5 Å². The molecule has 1 amide bonds. The van der Waals surface area contributed by atoms with E-state index in [4.69, 9.17) is 0 Å². The third-order valence-corrected chi connectivity index (χ3v) is 3.40. The minimum Gasteiger partial charge on any atom is -0.305 e. The van der Waals surface area contributed by atoms with E-state index in [0.29, 0.717) is 11.4 Å². The van der Waals surface area contributed by atoms with Gasteiger partial charge in [0.2, 0.25) is 0 Å². The van der Waals surface area contributed by atoms with Gasteiger partial charge in [-0.15, -0.1) is 0 Å². The molecule has 0 radical (unpaired) electrons. The van der Waals surface area contributed by atoms with Crippen molar-refractivity contribution in [2.45, 2.75) is 13.8 Å². The van der Waals surface area contributed by atoms with E-state index < -0.39 is 11.7 Å². The van der Waals surface area contributed by atoms with Crippen LogP contribution in [0.4, 0.5) is 10.2 Å². The Morgan fingerprint density at radius 1 is 1.24 bits per heavy atom. The zero-order valence-corrected chi connectivity index (χ0v) is 13.5. The van der Waals surface area contributed by atoms with Gasteiger partial charge >= 0.3 is 0 Å². The van der Waals surface area contributed by atoms with Crippen molar-refractivity contribution in [3.8, 4) is 12.0 Å². The molecule has 0 aliphatic heterocycles. The van der Waals surface area contributed by atoms with Gasteiger partial charge in [-0.1, -0.05) is 12.1 Å². The summed E-state index contributed by atoms with van der Waals surface area (Å²) in [6.45, 7) is 3.59. The van der Waals surface area contributed by atoms with Crippen LogP contribution in [-0.4, -0.2) is 25.7 Å². The van der Waals surface area contributed by atoms with Gasteiger partial charge in [-0.05, 0) is 32.0 Å². The standard InChI is InChI=1S/C17H13FN6O/c1-10-7-11(2)22-17(21-10)24-15(12(8-19)9-20-24)23-16(25)13-5-3-4-6-14(13)18/h3-7,9H,1-2H3,(H,23,25). The Bertz CT molecular complexity index is 984. The van der Waals surface area contributed by atoms with E-state index in [1.54, 1.807) is 26.0 Å². The number of rotatable bonds is 3. The van der Waals surface area contributed by atoms with Crippen LogP contribution in [-0.2, 0) is 0 Å². The minimum atomic E-state index is -0.694. The highest BCUT2D eigenvalue weighted by atomic mass is 19.1. The highest BCUT2D eigenvalue weighted by Gasteiger charge is 2.19. The van der Waals surface area contributed by atoms with Crippen LogP contribution in [0, 0.1) is 31.0 Å². The number of aromatic nitrogens is 4. The average molecular weight is 336 g/mol. The van der Waals surface area contributed by atoms with Gasteiger partial charge < -0.3 is 5.32 Å². The van der Waals surface area contributed by atoms with Crippen molar-refractivity contribution in [3.05, 3.63) is 64.9 Å². The van der Waals surface area contributed by atoms with Gasteiger partial charge in [-0.25, -0.2) is 14.4 Å². The summed E-state index contributed by atoms with van der Waals surface area (Å²) < 4.78 is 15.1. The number of nitrogens with zero attached hydrogens (tertiary/aromatic N) is 5. The van der Waals surface area contributed by atoms with Gasteiger partial charge in [0.25, 0.3) is 11.9 Å². The molecule has 0 atom stereocenters. The minimum absolute atomic E-state index is 0.0840. The molecule has 0 aliphatic rings. The largest absolute Gasteiger partial charge is 0.305 e. The summed E-state index contributed by atoms with van der Waals surface area (Å²) in [5, 5.41) is 15.8. The molecule has 2 heterocycles. The van der Waals surface area contributed by atoms with Gasteiger partial charge in [-0.2, -0.15) is 15.0 Å². The highest BCUT2D eigenvalue weighted by Crippen LogP contribution is 2.19. The molecule has 7 nitrogen and oxygen atoms in total. The molecular formula is C17H13FN6O. The first kappa shape index (κ1) is 16.3. The smallest absolute Gasteiger partial charge is 0.259 e. The predicted molar refractivity (Wildman–Crippen MR) is 87.7 cm³/mol. The second kappa shape index (κ2) is 6.49. The van der Waals surface area contributed by atoms with Crippen molar-refractivity contribution in [2.24, 2.45) is 0 Å². The lowest BCUT2D eigenvalue weighted by Gasteiger charge is -2.10. The van der Waals surface area contributed by atoms with Crippen LogP contribution in [0.1, 0.15) is 27.3 Å². The Kier molecular flexibility index (Phi) is 4.22. The fourth-order valence-corrected chi connectivity index (χ4v) is 2.32. The number of benzene rings is 1. The number of hydrogen-bond donors (Lipinski definition) is 1. The Morgan fingerprint density at radius 2 is 1.92 bits per heavy atom. The van der Waals surface area contributed by atoms with E-state index >= 15 is 0 Å². The van der Waals surface area contributed by atoms with Crippen LogP contribution in [0.2, 0.25) is 0 Å². The summed E-state index contributed by atoms with van der Waals surface area (Å²) in [5.74, 6) is -1.06. The van der Waals surface area contributed by atoms with Crippen LogP contribution in [0.15, 0.2) is 36.5 Å². The van der Waals surface area contributed by atoms with Gasteiger partial charge in [-0.3, -0.25) is 4.79 Å². The maximum atomic E-state index is 13.8. The normalized spacial score (nSPS) is 10.3. The van der Waals surface area contributed by atoms with Crippen molar-refractivity contribution >= 4 is 11.7 Å². The number of nitriles is 1. The van der Waals surface area contributed by atoms with E-state index in [-0.39, 0.29) is 22.9 Å². The number of carbonyl (C=O) groups excluding carboxylic acids is 1. The summed E-state index contributed by atoms with van der Waals surface area (Å²) in [7, 11) is 0. The van der Waals surface area contributed by atoms with Crippen molar-refractivity contribution in [1.29, 1.82) is 5.26 Å². The van der Waals surface area contributed by atoms with Crippen molar-refractivity contribution in [1.82, 2.24) is 19.7 Å². The fraction of sp³-hybridized carbons (Fsp3) is 0.118.